The molecule has 0 bridgehead atoms. The molecule has 0 aliphatic carbocycles. The van der Waals surface area contributed by atoms with Gasteiger partial charge < -0.3 is 34.3 Å². The van der Waals surface area contributed by atoms with Crippen LogP contribution in [0.2, 0.25) is 0 Å². The Bertz CT molecular complexity index is 829. The van der Waals surface area contributed by atoms with Crippen molar-refractivity contribution in [2.24, 2.45) is 0 Å². The number of rotatable bonds is 4. The molecule has 0 aromatic heterocycles. The van der Waals surface area contributed by atoms with Gasteiger partial charge in [0, 0.05) is 10.2 Å². The lowest BCUT2D eigenvalue weighted by Gasteiger charge is -2.36. The monoisotopic (exact) mass is 484 g/mol. The van der Waals surface area contributed by atoms with E-state index < -0.39 is 48.2 Å². The van der Waals surface area contributed by atoms with E-state index in [4.69, 9.17) is 23.7 Å². The molecule has 164 valence electrons. The molecule has 5 atom stereocenters. The highest BCUT2D eigenvalue weighted by atomic mass is 79.9. The van der Waals surface area contributed by atoms with Crippen LogP contribution >= 0.6 is 15.9 Å². The first kappa shape index (κ1) is 21.7. The Hall–Kier alpha value is -1.56. The summed E-state index contributed by atoms with van der Waals surface area (Å²) in [5.74, 6) is -2.61. The third-order valence-electron chi connectivity index (χ3n) is 4.96. The summed E-state index contributed by atoms with van der Waals surface area (Å²) < 4.78 is 30.4. The molecule has 1 aromatic rings. The van der Waals surface area contributed by atoms with Crippen molar-refractivity contribution in [3.8, 4) is 0 Å². The van der Waals surface area contributed by atoms with Gasteiger partial charge in [-0.3, -0.25) is 9.59 Å². The van der Waals surface area contributed by atoms with E-state index in [0.29, 0.717) is 5.69 Å². The van der Waals surface area contributed by atoms with Crippen LogP contribution in [0.25, 0.3) is 0 Å². The molecule has 0 spiro atoms. The Morgan fingerprint density at radius 3 is 2.23 bits per heavy atom. The first-order valence-corrected chi connectivity index (χ1v) is 10.5. The van der Waals surface area contributed by atoms with Gasteiger partial charge in [0.25, 0.3) is 5.91 Å². The Labute approximate surface area is 182 Å². The molecule has 0 radical (unpaired) electrons. The van der Waals surface area contributed by atoms with Crippen LogP contribution in [0, 0.1) is 0 Å². The minimum atomic E-state index is -1.00. The van der Waals surface area contributed by atoms with Crippen molar-refractivity contribution >= 4 is 33.4 Å². The van der Waals surface area contributed by atoms with Gasteiger partial charge in [-0.05, 0) is 52.0 Å². The van der Waals surface area contributed by atoms with Gasteiger partial charge in [0.15, 0.2) is 24.0 Å². The molecule has 3 aliphatic rings. The van der Waals surface area contributed by atoms with Crippen LogP contribution < -0.4 is 10.6 Å². The van der Waals surface area contributed by atoms with Crippen LogP contribution in [0.15, 0.2) is 28.7 Å². The molecule has 30 heavy (non-hydrogen) atoms. The summed E-state index contributed by atoms with van der Waals surface area (Å²) in [4.78, 5) is 25.1. The van der Waals surface area contributed by atoms with Gasteiger partial charge in [-0.25, -0.2) is 0 Å². The second-order valence-corrected chi connectivity index (χ2v) is 9.28. The summed E-state index contributed by atoms with van der Waals surface area (Å²) in [7, 11) is 0. The topological polar surface area (TPSA) is 104 Å². The highest BCUT2D eigenvalue weighted by molar-refractivity contribution is 9.10. The van der Waals surface area contributed by atoms with Gasteiger partial charge in [0.2, 0.25) is 5.91 Å². The summed E-state index contributed by atoms with van der Waals surface area (Å²) in [5, 5.41) is 5.33. The van der Waals surface area contributed by atoms with Crippen LogP contribution in [0.4, 0.5) is 5.69 Å². The molecule has 0 saturated carbocycles. The standard InChI is InChI=1S/C20H25BrN2O7/c1-19(2)27-13-14(28-19)16-18(30-20(3,4)29-16)26-15(13)17(25)22-9-12(24)23-11-7-5-10(21)6-8-11/h5-8,13-16,18H,9H2,1-4H3,(H,22,25)(H,23,24)/t13-,14-,15+,16-,18+/m1/s1. The molecule has 4 rings (SSSR count). The first-order chi connectivity index (χ1) is 14.0. The van der Waals surface area contributed by atoms with E-state index in [1.165, 1.54) is 0 Å². The fourth-order valence-corrected chi connectivity index (χ4v) is 4.09. The number of ether oxygens (including phenoxy) is 5. The second-order valence-electron chi connectivity index (χ2n) is 8.36. The Morgan fingerprint density at radius 1 is 0.933 bits per heavy atom. The van der Waals surface area contributed by atoms with Crippen molar-refractivity contribution in [1.82, 2.24) is 5.32 Å². The zero-order valence-corrected chi connectivity index (χ0v) is 18.7. The number of hydrogen-bond donors (Lipinski definition) is 2. The molecular formula is C20H25BrN2O7. The number of carbonyl (C=O) groups is 2. The van der Waals surface area contributed by atoms with E-state index >= 15 is 0 Å². The zero-order chi connectivity index (χ0) is 21.7. The van der Waals surface area contributed by atoms with Crippen molar-refractivity contribution < 1.29 is 33.3 Å². The fraction of sp³-hybridized carbons (Fsp3) is 0.600. The van der Waals surface area contributed by atoms with Crippen molar-refractivity contribution in [2.75, 3.05) is 11.9 Å². The normalized spacial score (nSPS) is 33.4. The highest BCUT2D eigenvalue weighted by Crippen LogP contribution is 2.44. The van der Waals surface area contributed by atoms with Crippen molar-refractivity contribution in [3.05, 3.63) is 28.7 Å². The van der Waals surface area contributed by atoms with Gasteiger partial charge in [0.1, 0.15) is 18.3 Å². The van der Waals surface area contributed by atoms with Gasteiger partial charge in [-0.2, -0.15) is 0 Å². The molecule has 0 unspecified atom stereocenters. The summed E-state index contributed by atoms with van der Waals surface area (Å²) in [6.45, 7) is 6.86. The maximum atomic E-state index is 12.8. The van der Waals surface area contributed by atoms with Gasteiger partial charge in [-0.15, -0.1) is 0 Å². The maximum Gasteiger partial charge on any atom is 0.252 e. The quantitative estimate of drug-likeness (QED) is 0.672. The van der Waals surface area contributed by atoms with Crippen LogP contribution in [-0.2, 0) is 33.3 Å². The van der Waals surface area contributed by atoms with Gasteiger partial charge in [-0.1, -0.05) is 15.9 Å². The summed E-state index contributed by atoms with van der Waals surface area (Å²) >= 11 is 3.34. The van der Waals surface area contributed by atoms with Crippen molar-refractivity contribution in [3.63, 3.8) is 0 Å². The van der Waals surface area contributed by atoms with E-state index in [9.17, 15) is 9.59 Å². The number of fused-ring (bicyclic) bond motifs is 3. The van der Waals surface area contributed by atoms with Crippen LogP contribution in [0.3, 0.4) is 0 Å². The molecular weight excluding hydrogens is 460 g/mol. The van der Waals surface area contributed by atoms with E-state index in [0.717, 1.165) is 4.47 Å². The summed E-state index contributed by atoms with van der Waals surface area (Å²) in [6.07, 6.45) is -3.51. The van der Waals surface area contributed by atoms with E-state index in [2.05, 4.69) is 26.6 Å². The number of halogens is 1. The molecule has 1 aromatic carbocycles. The summed E-state index contributed by atoms with van der Waals surface area (Å²) in [6, 6.07) is 7.13. The lowest BCUT2D eigenvalue weighted by Crippen LogP contribution is -2.59. The SMILES string of the molecule is CC1(C)O[C@@H]2[C@@H](O1)[C@@H](C(=O)NCC(=O)Nc1ccc(Br)cc1)O[C@H]1OC(C)(C)O[C@@H]12. The molecule has 2 N–H and O–H groups in total. The highest BCUT2D eigenvalue weighted by Gasteiger charge is 2.62. The third-order valence-corrected chi connectivity index (χ3v) is 5.49. The minimum Gasteiger partial charge on any atom is -0.345 e. The van der Waals surface area contributed by atoms with E-state index in [1.54, 1.807) is 39.8 Å². The Morgan fingerprint density at radius 2 is 1.53 bits per heavy atom. The fourth-order valence-electron chi connectivity index (χ4n) is 3.83. The first-order valence-electron chi connectivity index (χ1n) is 9.73. The van der Waals surface area contributed by atoms with Gasteiger partial charge >= 0.3 is 0 Å². The van der Waals surface area contributed by atoms with Crippen LogP contribution in [0.1, 0.15) is 27.7 Å². The van der Waals surface area contributed by atoms with Crippen molar-refractivity contribution in [1.29, 1.82) is 0 Å². The molecule has 3 aliphatic heterocycles. The largest absolute Gasteiger partial charge is 0.345 e. The summed E-state index contributed by atoms with van der Waals surface area (Å²) in [5.41, 5.74) is 0.627. The average molecular weight is 485 g/mol. The van der Waals surface area contributed by atoms with Crippen LogP contribution in [0.5, 0.6) is 0 Å². The maximum absolute atomic E-state index is 12.8. The molecule has 10 heteroatoms. The lowest BCUT2D eigenvalue weighted by molar-refractivity contribution is -0.231. The Balaban J connectivity index is 1.40. The molecule has 3 heterocycles. The molecule has 2 amide bonds. The Kier molecular flexibility index (Phi) is 5.67. The molecule has 3 saturated heterocycles. The minimum absolute atomic E-state index is 0.215. The third kappa shape index (κ3) is 4.53. The predicted molar refractivity (Wildman–Crippen MR) is 108 cm³/mol. The number of hydrogen-bond acceptors (Lipinski definition) is 7. The average Bonchev–Trinajstić information content (AvgIpc) is 3.14. The second kappa shape index (κ2) is 7.85. The number of benzene rings is 1. The number of nitrogens with one attached hydrogen (secondary N) is 2. The molecule has 3 fully saturated rings. The van der Waals surface area contributed by atoms with E-state index in [1.807, 2.05) is 12.1 Å². The number of anilines is 1. The van der Waals surface area contributed by atoms with Gasteiger partial charge in [0.05, 0.1) is 6.54 Å². The molecule has 9 nitrogen and oxygen atoms in total. The number of carbonyl (C=O) groups excluding carboxylic acids is 2. The predicted octanol–water partition coefficient (Wildman–Crippen LogP) is 1.90. The lowest BCUT2D eigenvalue weighted by atomic mass is 9.98. The zero-order valence-electron chi connectivity index (χ0n) is 17.1. The van der Waals surface area contributed by atoms with E-state index in [-0.39, 0.29) is 12.5 Å². The van der Waals surface area contributed by atoms with Crippen molar-refractivity contribution in [2.45, 2.75) is 70.0 Å². The number of amides is 2. The van der Waals surface area contributed by atoms with Crippen LogP contribution in [-0.4, -0.2) is 60.6 Å². The smallest absolute Gasteiger partial charge is 0.252 e.